The van der Waals surface area contributed by atoms with E-state index in [4.69, 9.17) is 12.2 Å². The molecule has 0 radical (unpaired) electrons. The van der Waals surface area contributed by atoms with Gasteiger partial charge in [0.25, 0.3) is 0 Å². The third-order valence-corrected chi connectivity index (χ3v) is 3.73. The number of terminal acetylenes is 1. The zero-order chi connectivity index (χ0) is 15.8. The van der Waals surface area contributed by atoms with Crippen molar-refractivity contribution in [3.63, 3.8) is 0 Å². The monoisotopic (exact) mass is 349 g/mol. The van der Waals surface area contributed by atoms with Gasteiger partial charge in [-0.25, -0.2) is 9.37 Å². The lowest BCUT2D eigenvalue weighted by atomic mass is 9.95. The standard InChI is InChI=1S/C16H17BrFN3/c1-5-8-21-14(19)13(20-15(21)16(2,3)4)10-6-7-12(18)11(17)9-10/h1,6-7,9H,8,19H2,2-4H3. The minimum atomic E-state index is -0.323. The van der Waals surface area contributed by atoms with E-state index in [1.807, 2.05) is 25.3 Å². The summed E-state index contributed by atoms with van der Waals surface area (Å²) in [5, 5.41) is 0. The Morgan fingerprint density at radius 1 is 1.43 bits per heavy atom. The Labute approximate surface area is 132 Å². The quantitative estimate of drug-likeness (QED) is 0.833. The molecule has 0 atom stereocenters. The van der Waals surface area contributed by atoms with Gasteiger partial charge in [0.1, 0.15) is 23.2 Å². The van der Waals surface area contributed by atoms with Crippen LogP contribution in [0.5, 0.6) is 0 Å². The smallest absolute Gasteiger partial charge is 0.137 e. The van der Waals surface area contributed by atoms with Gasteiger partial charge in [-0.05, 0) is 34.1 Å². The highest BCUT2D eigenvalue weighted by atomic mass is 79.9. The van der Waals surface area contributed by atoms with Crippen molar-refractivity contribution < 1.29 is 4.39 Å². The maximum Gasteiger partial charge on any atom is 0.137 e. The van der Waals surface area contributed by atoms with Crippen molar-refractivity contribution in [3.8, 4) is 23.6 Å². The number of hydrogen-bond acceptors (Lipinski definition) is 2. The average molecular weight is 350 g/mol. The second-order valence-electron chi connectivity index (χ2n) is 5.84. The van der Waals surface area contributed by atoms with E-state index in [-0.39, 0.29) is 11.2 Å². The van der Waals surface area contributed by atoms with Crippen molar-refractivity contribution in [2.75, 3.05) is 5.73 Å². The lowest BCUT2D eigenvalue weighted by Crippen LogP contribution is -2.19. The molecule has 0 spiro atoms. The number of aromatic nitrogens is 2. The fraction of sp³-hybridized carbons (Fsp3) is 0.312. The first kappa shape index (κ1) is 15.6. The Hall–Kier alpha value is -1.80. The highest BCUT2D eigenvalue weighted by Crippen LogP contribution is 2.33. The molecule has 2 N–H and O–H groups in total. The van der Waals surface area contributed by atoms with Crippen LogP contribution in [0.15, 0.2) is 22.7 Å². The van der Waals surface area contributed by atoms with Crippen molar-refractivity contribution in [3.05, 3.63) is 34.3 Å². The van der Waals surface area contributed by atoms with Crippen LogP contribution >= 0.6 is 15.9 Å². The van der Waals surface area contributed by atoms with E-state index >= 15 is 0 Å². The van der Waals surface area contributed by atoms with Crippen molar-refractivity contribution in [2.24, 2.45) is 0 Å². The van der Waals surface area contributed by atoms with Crippen molar-refractivity contribution in [2.45, 2.75) is 32.7 Å². The van der Waals surface area contributed by atoms with Gasteiger partial charge in [-0.2, -0.15) is 0 Å². The summed E-state index contributed by atoms with van der Waals surface area (Å²) in [6.07, 6.45) is 5.42. The van der Waals surface area contributed by atoms with Crippen molar-refractivity contribution >= 4 is 21.7 Å². The molecule has 1 aromatic carbocycles. The van der Waals surface area contributed by atoms with Crippen LogP contribution in [0.3, 0.4) is 0 Å². The summed E-state index contributed by atoms with van der Waals surface area (Å²) in [4.78, 5) is 4.64. The van der Waals surface area contributed by atoms with Crippen LogP contribution in [0.4, 0.5) is 10.2 Å². The van der Waals surface area contributed by atoms with Gasteiger partial charge < -0.3 is 10.3 Å². The van der Waals surface area contributed by atoms with Crippen LogP contribution in [-0.4, -0.2) is 9.55 Å². The lowest BCUT2D eigenvalue weighted by Gasteiger charge is -2.18. The Balaban J connectivity index is 2.65. The molecule has 3 nitrogen and oxygen atoms in total. The second kappa shape index (κ2) is 5.53. The molecule has 0 aliphatic rings. The molecule has 2 rings (SSSR count). The first-order valence-corrected chi connectivity index (χ1v) is 7.30. The molecule has 0 aliphatic heterocycles. The van der Waals surface area contributed by atoms with Crippen LogP contribution in [-0.2, 0) is 12.0 Å². The number of anilines is 1. The Bertz CT molecular complexity index is 720. The van der Waals surface area contributed by atoms with Gasteiger partial charge in [-0.3, -0.25) is 0 Å². The molecule has 1 aromatic heterocycles. The molecule has 1 heterocycles. The maximum absolute atomic E-state index is 13.4. The van der Waals surface area contributed by atoms with Crippen LogP contribution < -0.4 is 5.73 Å². The van der Waals surface area contributed by atoms with Crippen molar-refractivity contribution in [1.82, 2.24) is 9.55 Å². The Morgan fingerprint density at radius 3 is 2.62 bits per heavy atom. The molecule has 5 heteroatoms. The van der Waals surface area contributed by atoms with Gasteiger partial charge in [-0.1, -0.05) is 26.7 Å². The fourth-order valence-electron chi connectivity index (χ4n) is 2.15. The van der Waals surface area contributed by atoms with Gasteiger partial charge in [0.2, 0.25) is 0 Å². The third-order valence-electron chi connectivity index (χ3n) is 3.12. The second-order valence-corrected chi connectivity index (χ2v) is 6.69. The Morgan fingerprint density at radius 2 is 2.10 bits per heavy atom. The van der Waals surface area contributed by atoms with Gasteiger partial charge in [0.05, 0.1) is 11.0 Å². The van der Waals surface area contributed by atoms with E-state index in [9.17, 15) is 4.39 Å². The highest BCUT2D eigenvalue weighted by molar-refractivity contribution is 9.10. The van der Waals surface area contributed by atoms with Crippen LogP contribution in [0.2, 0.25) is 0 Å². The molecule has 0 fully saturated rings. The number of hydrogen-bond donors (Lipinski definition) is 1. The summed E-state index contributed by atoms with van der Waals surface area (Å²) in [6, 6.07) is 4.71. The first-order chi connectivity index (χ1) is 9.75. The number of benzene rings is 1. The van der Waals surface area contributed by atoms with Gasteiger partial charge in [0, 0.05) is 11.0 Å². The summed E-state index contributed by atoms with van der Waals surface area (Å²) < 4.78 is 15.6. The fourth-order valence-corrected chi connectivity index (χ4v) is 2.52. The van der Waals surface area contributed by atoms with E-state index in [2.05, 4.69) is 26.8 Å². The van der Waals surface area contributed by atoms with Crippen LogP contribution in [0, 0.1) is 18.2 Å². The zero-order valence-corrected chi connectivity index (χ0v) is 13.8. The molecular formula is C16H17BrFN3. The summed E-state index contributed by atoms with van der Waals surface area (Å²) >= 11 is 3.18. The molecular weight excluding hydrogens is 333 g/mol. The van der Waals surface area contributed by atoms with E-state index in [1.54, 1.807) is 12.1 Å². The molecule has 0 amide bonds. The first-order valence-electron chi connectivity index (χ1n) is 6.51. The average Bonchev–Trinajstić information content (AvgIpc) is 2.71. The summed E-state index contributed by atoms with van der Waals surface area (Å²) in [7, 11) is 0. The molecule has 0 unspecified atom stereocenters. The van der Waals surface area contributed by atoms with Crippen LogP contribution in [0.1, 0.15) is 26.6 Å². The number of halogens is 2. The number of nitrogens with two attached hydrogens (primary N) is 1. The zero-order valence-electron chi connectivity index (χ0n) is 12.2. The predicted octanol–water partition coefficient (Wildman–Crippen LogP) is 3.96. The van der Waals surface area contributed by atoms with Crippen LogP contribution in [0.25, 0.3) is 11.3 Å². The van der Waals surface area contributed by atoms with Crippen molar-refractivity contribution in [1.29, 1.82) is 0 Å². The molecule has 0 aliphatic carbocycles. The minimum absolute atomic E-state index is 0.194. The lowest BCUT2D eigenvalue weighted by molar-refractivity contribution is 0.517. The maximum atomic E-state index is 13.4. The number of imidazole rings is 1. The predicted molar refractivity (Wildman–Crippen MR) is 87.3 cm³/mol. The molecule has 0 saturated heterocycles. The van der Waals surface area contributed by atoms with E-state index in [0.29, 0.717) is 22.5 Å². The Kier molecular flexibility index (Phi) is 4.11. The molecule has 110 valence electrons. The topological polar surface area (TPSA) is 43.8 Å². The molecule has 21 heavy (non-hydrogen) atoms. The van der Waals surface area contributed by atoms with Gasteiger partial charge in [-0.15, -0.1) is 6.42 Å². The number of nitrogens with zero attached hydrogens (tertiary/aromatic N) is 2. The third kappa shape index (κ3) is 2.96. The number of nitrogen functional groups attached to an aromatic ring is 1. The number of rotatable bonds is 2. The largest absolute Gasteiger partial charge is 0.383 e. The highest BCUT2D eigenvalue weighted by Gasteiger charge is 2.25. The van der Waals surface area contributed by atoms with Gasteiger partial charge >= 0.3 is 0 Å². The molecule has 0 bridgehead atoms. The van der Waals surface area contributed by atoms with E-state index < -0.39 is 0 Å². The van der Waals surface area contributed by atoms with Gasteiger partial charge in [0.15, 0.2) is 0 Å². The van der Waals surface area contributed by atoms with E-state index in [0.717, 1.165) is 11.4 Å². The van der Waals surface area contributed by atoms with E-state index in [1.165, 1.54) is 6.07 Å². The molecule has 2 aromatic rings. The summed E-state index contributed by atoms with van der Waals surface area (Å²) in [5.74, 6) is 3.58. The normalized spacial score (nSPS) is 11.4. The summed E-state index contributed by atoms with van der Waals surface area (Å²) in [5.41, 5.74) is 7.38. The minimum Gasteiger partial charge on any atom is -0.383 e. The SMILES string of the molecule is C#CCn1c(C(C)(C)C)nc(-c2ccc(F)c(Br)c2)c1N. The molecule has 0 saturated carbocycles. The summed E-state index contributed by atoms with van der Waals surface area (Å²) in [6.45, 7) is 6.50.